The van der Waals surface area contributed by atoms with Gasteiger partial charge in [0.05, 0.1) is 9.95 Å². The van der Waals surface area contributed by atoms with Gasteiger partial charge in [0.1, 0.15) is 0 Å². The van der Waals surface area contributed by atoms with E-state index in [-0.39, 0.29) is 5.69 Å². The maximum atomic E-state index is 10.6. The molecule has 0 aliphatic heterocycles. The molecule has 2 aromatic rings. The molecule has 0 radical (unpaired) electrons. The molecule has 4 nitrogen and oxygen atoms in total. The predicted molar refractivity (Wildman–Crippen MR) is 57.9 cm³/mol. The summed E-state index contributed by atoms with van der Waals surface area (Å²) in [6.45, 7) is 0. The van der Waals surface area contributed by atoms with Crippen LogP contribution in [0.5, 0.6) is 0 Å². The van der Waals surface area contributed by atoms with E-state index in [1.165, 1.54) is 18.2 Å². The number of benzene rings is 1. The number of aromatic nitrogens is 1. The smallest absolute Gasteiger partial charge is 0.270 e. The Morgan fingerprint density at radius 3 is 2.73 bits per heavy atom. The van der Waals surface area contributed by atoms with Crippen LogP contribution in [-0.4, -0.2) is 9.91 Å². The van der Waals surface area contributed by atoms with E-state index in [4.69, 9.17) is 11.6 Å². The van der Waals surface area contributed by atoms with E-state index in [0.29, 0.717) is 10.6 Å². The number of H-pyrrole nitrogens is 1. The van der Waals surface area contributed by atoms with Gasteiger partial charge >= 0.3 is 0 Å². The quantitative estimate of drug-likeness (QED) is 0.626. The van der Waals surface area contributed by atoms with Crippen LogP contribution in [0.3, 0.4) is 0 Å². The van der Waals surface area contributed by atoms with Crippen molar-refractivity contribution in [2.24, 2.45) is 0 Å². The van der Waals surface area contributed by atoms with Gasteiger partial charge < -0.3 is 4.98 Å². The maximum Gasteiger partial charge on any atom is 0.270 e. The molecule has 5 heteroatoms. The number of rotatable bonds is 2. The van der Waals surface area contributed by atoms with Crippen LogP contribution in [0.2, 0.25) is 5.02 Å². The Labute approximate surface area is 90.7 Å². The first-order valence-electron chi connectivity index (χ1n) is 4.26. The minimum Gasteiger partial charge on any atom is -0.361 e. The monoisotopic (exact) mass is 222 g/mol. The number of nitrogens with zero attached hydrogens (tertiary/aromatic N) is 1. The fourth-order valence-corrected chi connectivity index (χ4v) is 1.55. The summed E-state index contributed by atoms with van der Waals surface area (Å²) < 4.78 is 0. The van der Waals surface area contributed by atoms with E-state index in [1.807, 2.05) is 12.1 Å². The molecule has 1 aromatic heterocycles. The Morgan fingerprint density at radius 1 is 1.33 bits per heavy atom. The Bertz CT molecular complexity index is 494. The van der Waals surface area contributed by atoms with Gasteiger partial charge in [0.2, 0.25) is 0 Å². The van der Waals surface area contributed by atoms with Crippen molar-refractivity contribution in [3.63, 3.8) is 0 Å². The number of hydrogen-bond donors (Lipinski definition) is 1. The highest BCUT2D eigenvalue weighted by Crippen LogP contribution is 2.30. The summed E-state index contributed by atoms with van der Waals surface area (Å²) >= 11 is 5.95. The van der Waals surface area contributed by atoms with Crippen molar-refractivity contribution in [3.8, 4) is 11.3 Å². The lowest BCUT2D eigenvalue weighted by molar-refractivity contribution is -0.384. The van der Waals surface area contributed by atoms with Gasteiger partial charge in [-0.25, -0.2) is 0 Å². The Kier molecular flexibility index (Phi) is 2.43. The lowest BCUT2D eigenvalue weighted by atomic mass is 10.1. The maximum absolute atomic E-state index is 10.6. The summed E-state index contributed by atoms with van der Waals surface area (Å²) in [5.74, 6) is 0. The van der Waals surface area contributed by atoms with Crippen LogP contribution in [0.4, 0.5) is 5.69 Å². The van der Waals surface area contributed by atoms with Gasteiger partial charge in [-0.1, -0.05) is 11.6 Å². The molecule has 1 aromatic carbocycles. The van der Waals surface area contributed by atoms with Gasteiger partial charge in [0, 0.05) is 29.6 Å². The molecule has 2 rings (SSSR count). The number of hydrogen-bond acceptors (Lipinski definition) is 2. The Balaban J connectivity index is 2.55. The fourth-order valence-electron chi connectivity index (χ4n) is 1.33. The first-order valence-corrected chi connectivity index (χ1v) is 4.64. The van der Waals surface area contributed by atoms with E-state index in [9.17, 15) is 10.1 Å². The largest absolute Gasteiger partial charge is 0.361 e. The Hall–Kier alpha value is -1.81. The number of halogens is 1. The van der Waals surface area contributed by atoms with Crippen molar-refractivity contribution in [2.75, 3.05) is 0 Å². The lowest BCUT2D eigenvalue weighted by Gasteiger charge is -2.01. The number of nitro groups is 1. The van der Waals surface area contributed by atoms with Crippen LogP contribution in [0, 0.1) is 10.1 Å². The van der Waals surface area contributed by atoms with Gasteiger partial charge in [-0.05, 0) is 18.2 Å². The molecule has 0 saturated heterocycles. The average molecular weight is 223 g/mol. The molecule has 0 atom stereocenters. The molecule has 0 bridgehead atoms. The van der Waals surface area contributed by atoms with Crippen LogP contribution in [-0.2, 0) is 0 Å². The highest BCUT2D eigenvalue weighted by molar-refractivity contribution is 6.33. The van der Waals surface area contributed by atoms with Crippen molar-refractivity contribution in [3.05, 3.63) is 51.7 Å². The van der Waals surface area contributed by atoms with E-state index >= 15 is 0 Å². The second-order valence-corrected chi connectivity index (χ2v) is 3.41. The fraction of sp³-hybridized carbons (Fsp3) is 0. The normalized spacial score (nSPS) is 10.2. The lowest BCUT2D eigenvalue weighted by Crippen LogP contribution is -1.89. The number of non-ortho nitro benzene ring substituents is 1. The molecule has 0 saturated carbocycles. The minimum absolute atomic E-state index is 0.0315. The summed E-state index contributed by atoms with van der Waals surface area (Å²) in [7, 11) is 0. The molecule has 0 unspecified atom stereocenters. The summed E-state index contributed by atoms with van der Waals surface area (Å²) in [6, 6.07) is 7.98. The van der Waals surface area contributed by atoms with Crippen LogP contribution < -0.4 is 0 Å². The van der Waals surface area contributed by atoms with E-state index in [0.717, 1.165) is 5.69 Å². The number of nitro benzene ring substituents is 1. The first-order chi connectivity index (χ1) is 7.18. The topological polar surface area (TPSA) is 58.9 Å². The molecule has 1 heterocycles. The first kappa shape index (κ1) is 9.73. The zero-order valence-corrected chi connectivity index (χ0v) is 8.36. The third-order valence-electron chi connectivity index (χ3n) is 2.05. The summed E-state index contributed by atoms with van der Waals surface area (Å²) in [6.07, 6.45) is 1.74. The van der Waals surface area contributed by atoms with Gasteiger partial charge in [0.15, 0.2) is 0 Å². The molecule has 0 spiro atoms. The molecular weight excluding hydrogens is 216 g/mol. The summed E-state index contributed by atoms with van der Waals surface area (Å²) in [4.78, 5) is 13.1. The molecule has 1 N–H and O–H groups in total. The van der Waals surface area contributed by atoms with E-state index < -0.39 is 4.92 Å². The van der Waals surface area contributed by atoms with Crippen molar-refractivity contribution in [1.29, 1.82) is 0 Å². The number of nitrogens with one attached hydrogen (secondary N) is 1. The molecule has 0 fully saturated rings. The number of aromatic amines is 1. The SMILES string of the molecule is O=[N+]([O-])c1ccc(Cl)c(-c2ccc[nH]2)c1. The minimum atomic E-state index is -0.442. The average Bonchev–Trinajstić information content (AvgIpc) is 2.71. The highest BCUT2D eigenvalue weighted by atomic mass is 35.5. The second kappa shape index (κ2) is 3.74. The third-order valence-corrected chi connectivity index (χ3v) is 2.38. The van der Waals surface area contributed by atoms with Crippen molar-refractivity contribution in [1.82, 2.24) is 4.98 Å². The second-order valence-electron chi connectivity index (χ2n) is 3.01. The Morgan fingerprint density at radius 2 is 2.13 bits per heavy atom. The molecule has 0 aliphatic carbocycles. The van der Waals surface area contributed by atoms with Crippen LogP contribution in [0.15, 0.2) is 36.5 Å². The third kappa shape index (κ3) is 1.85. The van der Waals surface area contributed by atoms with E-state index in [2.05, 4.69) is 4.98 Å². The summed E-state index contributed by atoms with van der Waals surface area (Å²) in [5.41, 5.74) is 1.43. The van der Waals surface area contributed by atoms with Gasteiger partial charge in [-0.3, -0.25) is 10.1 Å². The molecular formula is C10H7ClN2O2. The van der Waals surface area contributed by atoms with Crippen LogP contribution in [0.1, 0.15) is 0 Å². The molecule has 0 aliphatic rings. The highest BCUT2D eigenvalue weighted by Gasteiger charge is 2.11. The molecule has 15 heavy (non-hydrogen) atoms. The van der Waals surface area contributed by atoms with Crippen molar-refractivity contribution >= 4 is 17.3 Å². The zero-order valence-electron chi connectivity index (χ0n) is 7.61. The van der Waals surface area contributed by atoms with Gasteiger partial charge in [-0.15, -0.1) is 0 Å². The van der Waals surface area contributed by atoms with Gasteiger partial charge in [-0.2, -0.15) is 0 Å². The predicted octanol–water partition coefficient (Wildman–Crippen LogP) is 3.24. The van der Waals surface area contributed by atoms with Crippen LogP contribution in [0.25, 0.3) is 11.3 Å². The summed E-state index contributed by atoms with van der Waals surface area (Å²) in [5, 5.41) is 11.1. The molecule has 0 amide bonds. The van der Waals surface area contributed by atoms with Crippen molar-refractivity contribution < 1.29 is 4.92 Å². The standard InChI is InChI=1S/C10H7ClN2O2/c11-9-4-3-7(13(14)15)6-8(9)10-2-1-5-12-10/h1-6,12H. The van der Waals surface area contributed by atoms with Crippen molar-refractivity contribution in [2.45, 2.75) is 0 Å². The zero-order chi connectivity index (χ0) is 10.8. The van der Waals surface area contributed by atoms with Crippen LogP contribution >= 0.6 is 11.6 Å². The van der Waals surface area contributed by atoms with E-state index in [1.54, 1.807) is 6.20 Å². The van der Waals surface area contributed by atoms with Gasteiger partial charge in [0.25, 0.3) is 5.69 Å². The molecule has 76 valence electrons.